The molecule has 18 heavy (non-hydrogen) atoms. The molecule has 0 fully saturated rings. The number of esters is 1. The minimum absolute atomic E-state index is 0.0575. The van der Waals surface area contributed by atoms with E-state index in [2.05, 4.69) is 25.7 Å². The van der Waals surface area contributed by atoms with Gasteiger partial charge in [0.15, 0.2) is 0 Å². The van der Waals surface area contributed by atoms with Crippen LogP contribution < -0.4 is 0 Å². The van der Waals surface area contributed by atoms with Crippen LogP contribution in [0.15, 0.2) is 6.07 Å². The molecule has 0 aliphatic rings. The largest absolute Gasteiger partial charge is 0.466 e. The summed E-state index contributed by atoms with van der Waals surface area (Å²) in [4.78, 5) is 14.6. The van der Waals surface area contributed by atoms with Gasteiger partial charge in [-0.05, 0) is 18.6 Å². The van der Waals surface area contributed by atoms with Gasteiger partial charge in [-0.2, -0.15) is 4.39 Å². The minimum atomic E-state index is -2.94. The van der Waals surface area contributed by atoms with Gasteiger partial charge in [0.05, 0.1) is 24.3 Å². The number of nitrogens with zero attached hydrogens (tertiary/aromatic N) is 1. The van der Waals surface area contributed by atoms with Crippen LogP contribution in [-0.4, -0.2) is 17.6 Å². The summed E-state index contributed by atoms with van der Waals surface area (Å²) < 4.78 is 43.3. The first-order valence-corrected chi connectivity index (χ1v) is 6.29. The summed E-state index contributed by atoms with van der Waals surface area (Å²) in [5.41, 5.74) is -0.582. The van der Waals surface area contributed by atoms with Gasteiger partial charge in [0.2, 0.25) is 5.95 Å². The molecule has 0 spiro atoms. The molecule has 7 heteroatoms. The molecule has 0 bridgehead atoms. The zero-order chi connectivity index (χ0) is 13.7. The topological polar surface area (TPSA) is 39.2 Å². The van der Waals surface area contributed by atoms with E-state index in [1.54, 1.807) is 6.92 Å². The molecule has 1 rings (SSSR count). The van der Waals surface area contributed by atoms with Crippen molar-refractivity contribution in [1.82, 2.24) is 4.98 Å². The normalized spacial score (nSPS) is 10.8. The number of ether oxygens (including phenoxy) is 1. The third kappa shape index (κ3) is 3.69. The Morgan fingerprint density at radius 2 is 2.22 bits per heavy atom. The van der Waals surface area contributed by atoms with Crippen molar-refractivity contribution in [2.75, 3.05) is 6.61 Å². The molecule has 0 amide bonds. The Morgan fingerprint density at radius 3 is 2.72 bits per heavy atom. The summed E-state index contributed by atoms with van der Waals surface area (Å²) in [5.74, 6) is -1.82. The van der Waals surface area contributed by atoms with Crippen LogP contribution in [0.2, 0.25) is 0 Å². The number of rotatable bonds is 5. The van der Waals surface area contributed by atoms with Crippen LogP contribution >= 0.6 is 15.9 Å². The number of carbonyl (C=O) groups is 1. The number of hydrogen-bond acceptors (Lipinski definition) is 3. The molecular formula is C11H11BrF3NO2. The molecule has 0 aliphatic heterocycles. The van der Waals surface area contributed by atoms with Gasteiger partial charge >= 0.3 is 5.97 Å². The third-order valence-electron chi connectivity index (χ3n) is 2.14. The van der Waals surface area contributed by atoms with E-state index in [0.29, 0.717) is 0 Å². The van der Waals surface area contributed by atoms with Gasteiger partial charge in [-0.1, -0.05) is 15.9 Å². The predicted molar refractivity (Wildman–Crippen MR) is 62.1 cm³/mol. The molecule has 0 unspecified atom stereocenters. The maximum absolute atomic E-state index is 13.4. The van der Waals surface area contributed by atoms with E-state index in [1.807, 2.05) is 0 Å². The smallest absolute Gasteiger partial charge is 0.311 e. The molecule has 1 aromatic heterocycles. The molecule has 0 saturated heterocycles. The van der Waals surface area contributed by atoms with Gasteiger partial charge in [0.1, 0.15) is 0 Å². The van der Waals surface area contributed by atoms with Crippen molar-refractivity contribution >= 4 is 21.9 Å². The zero-order valence-corrected chi connectivity index (χ0v) is 11.1. The van der Waals surface area contributed by atoms with Crippen LogP contribution in [0.3, 0.4) is 0 Å². The standard InChI is InChI=1S/C11H11BrF3NO2/c1-2-18-8(17)4-7-3-6(5-12)9(10(13)14)11(15)16-7/h3,10H,2,4-5H2,1H3. The summed E-state index contributed by atoms with van der Waals surface area (Å²) in [5, 5.41) is 0.0575. The fourth-order valence-corrected chi connectivity index (χ4v) is 1.89. The van der Waals surface area contributed by atoms with Crippen molar-refractivity contribution in [2.45, 2.75) is 25.1 Å². The summed E-state index contributed by atoms with van der Waals surface area (Å²) in [6.45, 7) is 1.83. The third-order valence-corrected chi connectivity index (χ3v) is 2.75. The Morgan fingerprint density at radius 1 is 1.56 bits per heavy atom. The molecule has 0 atom stereocenters. The molecule has 100 valence electrons. The van der Waals surface area contributed by atoms with Crippen LogP contribution in [0.4, 0.5) is 13.2 Å². The van der Waals surface area contributed by atoms with Gasteiger partial charge in [-0.3, -0.25) is 4.79 Å². The quantitative estimate of drug-likeness (QED) is 0.474. The highest BCUT2D eigenvalue weighted by atomic mass is 79.9. The van der Waals surface area contributed by atoms with E-state index in [-0.39, 0.29) is 29.6 Å². The van der Waals surface area contributed by atoms with Gasteiger partial charge in [-0.15, -0.1) is 0 Å². The Bertz CT molecular complexity index is 441. The number of alkyl halides is 3. The van der Waals surface area contributed by atoms with E-state index >= 15 is 0 Å². The Balaban J connectivity index is 3.03. The second-order valence-electron chi connectivity index (χ2n) is 3.39. The summed E-state index contributed by atoms with van der Waals surface area (Å²) >= 11 is 3.00. The lowest BCUT2D eigenvalue weighted by Gasteiger charge is -2.09. The lowest BCUT2D eigenvalue weighted by Crippen LogP contribution is -2.11. The highest BCUT2D eigenvalue weighted by molar-refractivity contribution is 9.08. The van der Waals surface area contributed by atoms with E-state index in [4.69, 9.17) is 0 Å². The van der Waals surface area contributed by atoms with Crippen molar-refractivity contribution < 1.29 is 22.7 Å². The number of aromatic nitrogens is 1. The van der Waals surface area contributed by atoms with Crippen molar-refractivity contribution in [1.29, 1.82) is 0 Å². The first-order valence-electron chi connectivity index (χ1n) is 5.17. The van der Waals surface area contributed by atoms with Crippen LogP contribution in [0, 0.1) is 5.95 Å². The van der Waals surface area contributed by atoms with Gasteiger partial charge in [0.25, 0.3) is 6.43 Å². The van der Waals surface area contributed by atoms with Crippen molar-refractivity contribution in [2.24, 2.45) is 0 Å². The molecule has 0 radical (unpaired) electrons. The second-order valence-corrected chi connectivity index (χ2v) is 3.95. The minimum Gasteiger partial charge on any atom is -0.466 e. The van der Waals surface area contributed by atoms with Crippen LogP contribution in [0.25, 0.3) is 0 Å². The molecule has 0 aromatic carbocycles. The second kappa shape index (κ2) is 6.72. The summed E-state index contributed by atoms with van der Waals surface area (Å²) in [6, 6.07) is 1.27. The van der Waals surface area contributed by atoms with E-state index in [0.717, 1.165) is 0 Å². The first kappa shape index (κ1) is 14.9. The average molecular weight is 326 g/mol. The van der Waals surface area contributed by atoms with E-state index in [9.17, 15) is 18.0 Å². The van der Waals surface area contributed by atoms with Crippen molar-refractivity contribution in [3.05, 3.63) is 28.8 Å². The van der Waals surface area contributed by atoms with Crippen LogP contribution in [0.1, 0.15) is 30.2 Å². The van der Waals surface area contributed by atoms with E-state index < -0.39 is 23.9 Å². The van der Waals surface area contributed by atoms with Crippen LogP contribution in [0.5, 0.6) is 0 Å². The number of carbonyl (C=O) groups excluding carboxylic acids is 1. The maximum atomic E-state index is 13.4. The fraction of sp³-hybridized carbons (Fsp3) is 0.455. The number of pyridine rings is 1. The first-order chi connectivity index (χ1) is 8.49. The van der Waals surface area contributed by atoms with Gasteiger partial charge < -0.3 is 4.74 Å². The highest BCUT2D eigenvalue weighted by Crippen LogP contribution is 2.27. The Kier molecular flexibility index (Phi) is 5.58. The van der Waals surface area contributed by atoms with E-state index in [1.165, 1.54) is 6.07 Å². The molecular weight excluding hydrogens is 315 g/mol. The molecule has 3 nitrogen and oxygen atoms in total. The maximum Gasteiger partial charge on any atom is 0.311 e. The summed E-state index contributed by atoms with van der Waals surface area (Å²) in [6.07, 6.45) is -3.18. The van der Waals surface area contributed by atoms with Crippen LogP contribution in [-0.2, 0) is 21.3 Å². The predicted octanol–water partition coefficient (Wildman–Crippen LogP) is 3.16. The average Bonchev–Trinajstić information content (AvgIpc) is 2.27. The Labute approximate surface area is 110 Å². The SMILES string of the molecule is CCOC(=O)Cc1cc(CBr)c(C(F)F)c(F)n1. The lowest BCUT2D eigenvalue weighted by molar-refractivity contribution is -0.142. The van der Waals surface area contributed by atoms with Crippen molar-refractivity contribution in [3.63, 3.8) is 0 Å². The molecule has 0 saturated carbocycles. The lowest BCUT2D eigenvalue weighted by atomic mass is 10.1. The Hall–Kier alpha value is -1.11. The molecule has 1 aromatic rings. The van der Waals surface area contributed by atoms with Crippen molar-refractivity contribution in [3.8, 4) is 0 Å². The zero-order valence-electron chi connectivity index (χ0n) is 9.55. The fourth-order valence-electron chi connectivity index (χ4n) is 1.42. The molecule has 0 N–H and O–H groups in total. The monoisotopic (exact) mass is 325 g/mol. The van der Waals surface area contributed by atoms with Gasteiger partial charge in [-0.25, -0.2) is 13.8 Å². The highest BCUT2D eigenvalue weighted by Gasteiger charge is 2.21. The number of halogens is 4. The van der Waals surface area contributed by atoms with Gasteiger partial charge in [0, 0.05) is 5.33 Å². The molecule has 1 heterocycles. The molecule has 0 aliphatic carbocycles. The number of hydrogen-bond donors (Lipinski definition) is 0. The summed E-state index contributed by atoms with van der Waals surface area (Å²) in [7, 11) is 0.